The van der Waals surface area contributed by atoms with E-state index >= 15 is 0 Å². The Morgan fingerprint density at radius 2 is 1.70 bits per heavy atom. The van der Waals surface area contributed by atoms with Crippen LogP contribution in [0, 0.1) is 0 Å². The summed E-state index contributed by atoms with van der Waals surface area (Å²) in [6.45, 7) is 11.0. The van der Waals surface area contributed by atoms with E-state index in [-0.39, 0.29) is 6.10 Å². The zero-order valence-corrected chi connectivity index (χ0v) is 15.0. The van der Waals surface area contributed by atoms with Gasteiger partial charge in [0.2, 0.25) is 0 Å². The molecule has 3 rings (SSSR count). The van der Waals surface area contributed by atoms with Crippen molar-refractivity contribution in [2.45, 2.75) is 108 Å². The summed E-state index contributed by atoms with van der Waals surface area (Å²) in [5.41, 5.74) is -2.22. The molecular weight excluding hydrogens is 300 g/mol. The summed E-state index contributed by atoms with van der Waals surface area (Å²) in [6.07, 6.45) is -0.534. The standard InChI is InChI=1S/C17H30O6/c1-7-16(8-2)20-10-9-17(14(3,4)19)13(11(18)12(10)21-16)22-15(5,6)23-17/h10-13,18-19H,7-9H2,1-6H3/t10-,11?,12-,13+,17-/m1/s1. The van der Waals surface area contributed by atoms with Crippen molar-refractivity contribution in [2.75, 3.05) is 0 Å². The van der Waals surface area contributed by atoms with Crippen LogP contribution in [0.2, 0.25) is 0 Å². The summed E-state index contributed by atoms with van der Waals surface area (Å²) in [4.78, 5) is 0. The highest BCUT2D eigenvalue weighted by Crippen LogP contribution is 2.54. The molecule has 2 N–H and O–H groups in total. The Balaban J connectivity index is 1.98. The van der Waals surface area contributed by atoms with Crippen LogP contribution in [0.4, 0.5) is 0 Å². The molecular formula is C17H30O6. The average molecular weight is 330 g/mol. The van der Waals surface area contributed by atoms with Crippen molar-refractivity contribution in [3.63, 3.8) is 0 Å². The van der Waals surface area contributed by atoms with Crippen LogP contribution >= 0.6 is 0 Å². The molecule has 0 amide bonds. The van der Waals surface area contributed by atoms with E-state index in [1.165, 1.54) is 0 Å². The molecule has 3 fully saturated rings. The maximum atomic E-state index is 10.9. The molecule has 134 valence electrons. The van der Waals surface area contributed by atoms with Crippen molar-refractivity contribution >= 4 is 0 Å². The Kier molecular flexibility index (Phi) is 3.92. The van der Waals surface area contributed by atoms with Gasteiger partial charge in [0.15, 0.2) is 11.6 Å². The van der Waals surface area contributed by atoms with Gasteiger partial charge < -0.3 is 29.2 Å². The molecule has 0 aromatic rings. The van der Waals surface area contributed by atoms with Crippen LogP contribution in [0.1, 0.15) is 60.8 Å². The van der Waals surface area contributed by atoms with E-state index in [1.807, 2.05) is 13.8 Å². The van der Waals surface area contributed by atoms with Crippen molar-refractivity contribution in [3.05, 3.63) is 0 Å². The molecule has 5 atom stereocenters. The van der Waals surface area contributed by atoms with E-state index < -0.39 is 41.1 Å². The summed E-state index contributed by atoms with van der Waals surface area (Å²) >= 11 is 0. The topological polar surface area (TPSA) is 77.4 Å². The first kappa shape index (κ1) is 17.6. The molecule has 0 radical (unpaired) electrons. The van der Waals surface area contributed by atoms with Gasteiger partial charge in [0, 0.05) is 6.42 Å². The Hall–Kier alpha value is -0.240. The van der Waals surface area contributed by atoms with Crippen molar-refractivity contribution in [3.8, 4) is 0 Å². The molecule has 2 heterocycles. The van der Waals surface area contributed by atoms with Gasteiger partial charge in [-0.05, 0) is 40.5 Å². The Morgan fingerprint density at radius 3 is 2.22 bits per heavy atom. The van der Waals surface area contributed by atoms with E-state index in [9.17, 15) is 10.2 Å². The Morgan fingerprint density at radius 1 is 1.09 bits per heavy atom. The third-order valence-electron chi connectivity index (χ3n) is 5.65. The van der Waals surface area contributed by atoms with Crippen LogP contribution in [0.15, 0.2) is 0 Å². The number of aliphatic hydroxyl groups is 2. The lowest BCUT2D eigenvalue weighted by molar-refractivity contribution is -0.226. The van der Waals surface area contributed by atoms with E-state index in [0.717, 1.165) is 0 Å². The molecule has 0 aromatic heterocycles. The fraction of sp³-hybridized carbons (Fsp3) is 1.00. The normalized spacial score (nSPS) is 44.9. The molecule has 0 bridgehead atoms. The first-order valence-corrected chi connectivity index (χ1v) is 8.63. The molecule has 2 aliphatic heterocycles. The van der Waals surface area contributed by atoms with Crippen molar-refractivity contribution in [2.24, 2.45) is 0 Å². The Bertz CT molecular complexity index is 464. The first-order valence-electron chi connectivity index (χ1n) is 8.63. The van der Waals surface area contributed by atoms with E-state index in [2.05, 4.69) is 0 Å². The predicted molar refractivity (Wildman–Crippen MR) is 82.7 cm³/mol. The minimum absolute atomic E-state index is 0.329. The van der Waals surface area contributed by atoms with Gasteiger partial charge in [0.1, 0.15) is 23.9 Å². The van der Waals surface area contributed by atoms with E-state index in [1.54, 1.807) is 27.7 Å². The number of hydrogen-bond donors (Lipinski definition) is 2. The molecule has 23 heavy (non-hydrogen) atoms. The second kappa shape index (κ2) is 5.13. The molecule has 6 heteroatoms. The number of hydrogen-bond acceptors (Lipinski definition) is 6. The van der Waals surface area contributed by atoms with Crippen molar-refractivity contribution in [1.29, 1.82) is 0 Å². The first-order chi connectivity index (χ1) is 10.5. The molecule has 2 saturated heterocycles. The number of rotatable bonds is 3. The largest absolute Gasteiger partial charge is 0.387 e. The van der Waals surface area contributed by atoms with Gasteiger partial charge in [-0.15, -0.1) is 0 Å². The second-order valence-electron chi connectivity index (χ2n) is 8.04. The summed E-state index contributed by atoms with van der Waals surface area (Å²) in [6, 6.07) is 0. The lowest BCUT2D eigenvalue weighted by Crippen LogP contribution is -2.68. The van der Waals surface area contributed by atoms with Crippen LogP contribution < -0.4 is 0 Å². The minimum atomic E-state index is -1.19. The number of fused-ring (bicyclic) bond motifs is 2. The predicted octanol–water partition coefficient (Wildman–Crippen LogP) is 1.71. The zero-order valence-electron chi connectivity index (χ0n) is 15.0. The molecule has 6 nitrogen and oxygen atoms in total. The fourth-order valence-corrected chi connectivity index (χ4v) is 4.34. The highest BCUT2D eigenvalue weighted by atomic mass is 16.8. The minimum Gasteiger partial charge on any atom is -0.387 e. The van der Waals surface area contributed by atoms with Crippen LogP contribution in [-0.4, -0.2) is 57.4 Å². The third-order valence-corrected chi connectivity index (χ3v) is 5.65. The number of aliphatic hydroxyl groups excluding tert-OH is 1. The van der Waals surface area contributed by atoms with Gasteiger partial charge in [-0.1, -0.05) is 13.8 Å². The molecule has 0 aromatic carbocycles. The third kappa shape index (κ3) is 2.46. The fourth-order valence-electron chi connectivity index (χ4n) is 4.34. The summed E-state index contributed by atoms with van der Waals surface area (Å²) in [5.74, 6) is -1.55. The Labute approximate surface area is 138 Å². The maximum absolute atomic E-state index is 10.9. The average Bonchev–Trinajstić information content (AvgIpc) is 2.94. The van der Waals surface area contributed by atoms with Crippen molar-refractivity contribution in [1.82, 2.24) is 0 Å². The molecule has 1 saturated carbocycles. The quantitative estimate of drug-likeness (QED) is 0.820. The lowest BCUT2D eigenvalue weighted by Gasteiger charge is -2.49. The smallest absolute Gasteiger partial charge is 0.168 e. The summed E-state index contributed by atoms with van der Waals surface area (Å²) < 4.78 is 24.4. The molecule has 1 unspecified atom stereocenters. The van der Waals surface area contributed by atoms with Crippen LogP contribution in [0.25, 0.3) is 0 Å². The van der Waals surface area contributed by atoms with Crippen LogP contribution in [-0.2, 0) is 18.9 Å². The van der Waals surface area contributed by atoms with Gasteiger partial charge in [-0.2, -0.15) is 0 Å². The molecule has 1 aliphatic carbocycles. The van der Waals surface area contributed by atoms with Crippen LogP contribution in [0.5, 0.6) is 0 Å². The molecule has 3 aliphatic rings. The SMILES string of the molecule is CCC1(CC)O[C@@H]2C[C@@]3(C(C)(C)O)OC(C)(C)O[C@H]3C(O)[C@@H]2O1. The van der Waals surface area contributed by atoms with E-state index in [4.69, 9.17) is 18.9 Å². The van der Waals surface area contributed by atoms with Gasteiger partial charge >= 0.3 is 0 Å². The lowest BCUT2D eigenvalue weighted by atomic mass is 9.69. The van der Waals surface area contributed by atoms with Crippen LogP contribution in [0.3, 0.4) is 0 Å². The van der Waals surface area contributed by atoms with Crippen molar-refractivity contribution < 1.29 is 29.2 Å². The monoisotopic (exact) mass is 330 g/mol. The molecule has 0 spiro atoms. The van der Waals surface area contributed by atoms with Gasteiger partial charge in [-0.3, -0.25) is 0 Å². The maximum Gasteiger partial charge on any atom is 0.168 e. The highest BCUT2D eigenvalue weighted by Gasteiger charge is 2.70. The second-order valence-corrected chi connectivity index (χ2v) is 8.04. The van der Waals surface area contributed by atoms with Gasteiger partial charge in [0.25, 0.3) is 0 Å². The summed E-state index contributed by atoms with van der Waals surface area (Å²) in [7, 11) is 0. The zero-order chi connectivity index (χ0) is 17.3. The highest BCUT2D eigenvalue weighted by molar-refractivity contribution is 5.16. The number of ether oxygens (including phenoxy) is 4. The van der Waals surface area contributed by atoms with E-state index in [0.29, 0.717) is 19.3 Å². The van der Waals surface area contributed by atoms with Gasteiger partial charge in [-0.25, -0.2) is 0 Å². The van der Waals surface area contributed by atoms with Gasteiger partial charge in [0.05, 0.1) is 11.7 Å². The summed E-state index contributed by atoms with van der Waals surface area (Å²) in [5, 5.41) is 21.7.